The number of sulfone groups is 1. The van der Waals surface area contributed by atoms with Gasteiger partial charge < -0.3 is 5.32 Å². The number of hydrogen-bond acceptors (Lipinski definition) is 4. The zero-order valence-corrected chi connectivity index (χ0v) is 17.9. The molecule has 2 rings (SSSR count). The van der Waals surface area contributed by atoms with Crippen LogP contribution in [0.1, 0.15) is 10.4 Å². The summed E-state index contributed by atoms with van der Waals surface area (Å²) in [6.45, 7) is 0. The van der Waals surface area contributed by atoms with E-state index in [1.807, 2.05) is 0 Å². The number of carbonyl (C=O) groups is 1. The first-order valence-corrected chi connectivity index (χ1v) is 10.6. The smallest absolute Gasteiger partial charge is 0.253 e. The van der Waals surface area contributed by atoms with Crippen LogP contribution in [0.2, 0.25) is 0 Å². The fraction of sp³-hybridized carbons (Fsp3) is 0.235. The number of carbonyl (C=O) groups excluding carboxylic acids is 1. The molecule has 0 aliphatic rings. The van der Waals surface area contributed by atoms with E-state index in [2.05, 4.69) is 21.2 Å². The van der Waals surface area contributed by atoms with E-state index in [-0.39, 0.29) is 10.5 Å². The number of alkyl halides is 2. The minimum atomic E-state index is -4.07. The Balaban J connectivity index is 2.50. The van der Waals surface area contributed by atoms with Crippen molar-refractivity contribution in [1.29, 1.82) is 0 Å². The molecule has 140 valence electrons. The van der Waals surface area contributed by atoms with Gasteiger partial charge in [0.15, 0.2) is 5.37 Å². The van der Waals surface area contributed by atoms with Crippen LogP contribution in [0.5, 0.6) is 0 Å². The molecule has 1 atom stereocenters. The molecule has 1 amide bonds. The third-order valence-corrected chi connectivity index (χ3v) is 7.75. The van der Waals surface area contributed by atoms with E-state index in [4.69, 9.17) is 23.2 Å². The quantitative estimate of drug-likeness (QED) is 0.507. The average Bonchev–Trinajstić information content (AvgIpc) is 2.60. The molecule has 5 nitrogen and oxygen atoms in total. The highest BCUT2D eigenvalue weighted by Gasteiger charge is 2.47. The summed E-state index contributed by atoms with van der Waals surface area (Å²) >= 11 is 15.9. The lowest BCUT2D eigenvalue weighted by Gasteiger charge is -2.35. The molecule has 0 bridgehead atoms. The molecule has 2 aromatic rings. The van der Waals surface area contributed by atoms with Gasteiger partial charge >= 0.3 is 0 Å². The number of hydrogen-bond donors (Lipinski definition) is 1. The summed E-state index contributed by atoms with van der Waals surface area (Å²) in [5, 5.41) is 0.871. The molecule has 0 aliphatic carbocycles. The summed E-state index contributed by atoms with van der Waals surface area (Å²) in [6.07, 6.45) is 0. The highest BCUT2D eigenvalue weighted by atomic mass is 79.9. The van der Waals surface area contributed by atoms with Crippen molar-refractivity contribution in [3.05, 3.63) is 64.6 Å². The number of rotatable bonds is 6. The molecule has 26 heavy (non-hydrogen) atoms. The summed E-state index contributed by atoms with van der Waals surface area (Å²) in [4.78, 5) is 14.0. The zero-order chi connectivity index (χ0) is 19.5. The first kappa shape index (κ1) is 21.2. The van der Waals surface area contributed by atoms with E-state index >= 15 is 0 Å². The number of halogens is 3. The lowest BCUT2D eigenvalue weighted by Crippen LogP contribution is -2.57. The van der Waals surface area contributed by atoms with Crippen molar-refractivity contribution in [3.63, 3.8) is 0 Å². The molecule has 0 aromatic heterocycles. The molecule has 0 spiro atoms. The van der Waals surface area contributed by atoms with Gasteiger partial charge in [-0.1, -0.05) is 53.5 Å². The lowest BCUT2D eigenvalue weighted by molar-refractivity contribution is 0.0935. The molecule has 0 saturated carbocycles. The predicted octanol–water partition coefficient (Wildman–Crippen LogP) is 3.67. The Morgan fingerprint density at radius 3 is 2.15 bits per heavy atom. The fourth-order valence-corrected chi connectivity index (χ4v) is 5.11. The SMILES string of the molecule is CN(C)C(Cl)(Cl)C(NC(=O)c1ccccc1Br)S(=O)(=O)c1ccccc1. The fourth-order valence-electron chi connectivity index (χ4n) is 2.17. The summed E-state index contributed by atoms with van der Waals surface area (Å²) in [5.74, 6) is -0.616. The number of likely N-dealkylation sites (N-methyl/N-ethyl adjacent to an activating group) is 1. The van der Waals surface area contributed by atoms with E-state index in [0.717, 1.165) is 0 Å². The van der Waals surface area contributed by atoms with Crippen molar-refractivity contribution >= 4 is 54.9 Å². The molecule has 0 aliphatic heterocycles. The molecule has 1 N–H and O–H groups in total. The standard InChI is InChI=1S/C17H17BrCl2N2O3S/c1-22(2)17(19,20)16(26(24,25)12-8-4-3-5-9-12)21-15(23)13-10-6-7-11-14(13)18/h3-11,16H,1-2H3,(H,21,23). The second kappa shape index (κ2) is 8.27. The van der Waals surface area contributed by atoms with Gasteiger partial charge in [0.1, 0.15) is 0 Å². The second-order valence-electron chi connectivity index (χ2n) is 5.67. The monoisotopic (exact) mass is 478 g/mol. The Kier molecular flexibility index (Phi) is 6.74. The van der Waals surface area contributed by atoms with Gasteiger partial charge in [-0.3, -0.25) is 9.69 Å². The van der Waals surface area contributed by atoms with Crippen molar-refractivity contribution in [1.82, 2.24) is 10.2 Å². The topological polar surface area (TPSA) is 66.5 Å². The maximum Gasteiger partial charge on any atom is 0.253 e. The predicted molar refractivity (Wildman–Crippen MR) is 107 cm³/mol. The third-order valence-electron chi connectivity index (χ3n) is 3.67. The minimum Gasteiger partial charge on any atom is -0.331 e. The van der Waals surface area contributed by atoms with Gasteiger partial charge in [0.2, 0.25) is 14.3 Å². The molecule has 0 radical (unpaired) electrons. The summed E-state index contributed by atoms with van der Waals surface area (Å²) in [6, 6.07) is 14.3. The van der Waals surface area contributed by atoms with E-state index in [9.17, 15) is 13.2 Å². The highest BCUT2D eigenvalue weighted by molar-refractivity contribution is 9.10. The zero-order valence-electron chi connectivity index (χ0n) is 14.0. The Labute approximate surface area is 171 Å². The van der Waals surface area contributed by atoms with Crippen LogP contribution >= 0.6 is 39.1 Å². The summed E-state index contributed by atoms with van der Waals surface area (Å²) < 4.78 is 24.9. The van der Waals surface area contributed by atoms with Gasteiger partial charge in [0, 0.05) is 4.47 Å². The largest absolute Gasteiger partial charge is 0.331 e. The first-order valence-electron chi connectivity index (χ1n) is 7.48. The van der Waals surface area contributed by atoms with Crippen LogP contribution in [0, 0.1) is 0 Å². The van der Waals surface area contributed by atoms with E-state index in [1.54, 1.807) is 42.5 Å². The Morgan fingerprint density at radius 2 is 1.62 bits per heavy atom. The van der Waals surface area contributed by atoms with Crippen LogP contribution in [0.25, 0.3) is 0 Å². The maximum absolute atomic E-state index is 13.1. The van der Waals surface area contributed by atoms with Gasteiger partial charge in [-0.2, -0.15) is 0 Å². The number of nitrogens with zero attached hydrogens (tertiary/aromatic N) is 1. The number of benzene rings is 2. The third kappa shape index (κ3) is 4.40. The van der Waals surface area contributed by atoms with Crippen molar-refractivity contribution in [3.8, 4) is 0 Å². The van der Waals surface area contributed by atoms with Crippen LogP contribution in [-0.2, 0) is 9.84 Å². The molecule has 0 heterocycles. The normalized spacial score (nSPS) is 13.5. The van der Waals surface area contributed by atoms with Gasteiger partial charge in [-0.15, -0.1) is 0 Å². The molecule has 0 saturated heterocycles. The van der Waals surface area contributed by atoms with Crippen LogP contribution in [0.4, 0.5) is 0 Å². The van der Waals surface area contributed by atoms with E-state index in [0.29, 0.717) is 4.47 Å². The second-order valence-corrected chi connectivity index (χ2v) is 9.91. The van der Waals surface area contributed by atoms with Crippen LogP contribution in [-0.4, -0.2) is 43.2 Å². The Morgan fingerprint density at radius 1 is 1.08 bits per heavy atom. The van der Waals surface area contributed by atoms with Crippen LogP contribution < -0.4 is 5.32 Å². The lowest BCUT2D eigenvalue weighted by atomic mass is 10.2. The summed E-state index contributed by atoms with van der Waals surface area (Å²) in [5.41, 5.74) is 0.267. The van der Waals surface area contributed by atoms with E-state index < -0.39 is 25.6 Å². The van der Waals surface area contributed by atoms with Gasteiger partial charge in [-0.05, 0) is 54.3 Å². The van der Waals surface area contributed by atoms with Crippen molar-refractivity contribution in [2.45, 2.75) is 14.7 Å². The molecular weight excluding hydrogens is 463 g/mol. The maximum atomic E-state index is 13.1. The summed E-state index contributed by atoms with van der Waals surface area (Å²) in [7, 11) is -1.02. The van der Waals surface area contributed by atoms with Crippen LogP contribution in [0.3, 0.4) is 0 Å². The van der Waals surface area contributed by atoms with E-state index in [1.165, 1.54) is 31.1 Å². The average molecular weight is 480 g/mol. The van der Waals surface area contributed by atoms with Gasteiger partial charge in [0.25, 0.3) is 5.91 Å². The van der Waals surface area contributed by atoms with Crippen LogP contribution in [0.15, 0.2) is 64.0 Å². The van der Waals surface area contributed by atoms with Crippen molar-refractivity contribution < 1.29 is 13.2 Å². The number of amides is 1. The molecular formula is C17H17BrCl2N2O3S. The minimum absolute atomic E-state index is 0.00459. The Hall–Kier alpha value is -1.12. The van der Waals surface area contributed by atoms with Gasteiger partial charge in [-0.25, -0.2) is 8.42 Å². The van der Waals surface area contributed by atoms with Gasteiger partial charge in [0.05, 0.1) is 10.5 Å². The molecule has 1 unspecified atom stereocenters. The molecule has 9 heteroatoms. The Bertz CT molecular complexity index is 890. The molecule has 0 fully saturated rings. The van der Waals surface area contributed by atoms with Crippen molar-refractivity contribution in [2.24, 2.45) is 0 Å². The van der Waals surface area contributed by atoms with Crippen molar-refractivity contribution in [2.75, 3.05) is 14.1 Å². The first-order chi connectivity index (χ1) is 12.1. The molecule has 2 aromatic carbocycles. The highest BCUT2D eigenvalue weighted by Crippen LogP contribution is 2.34. The number of nitrogens with one attached hydrogen (secondary N) is 1.